The fraction of sp³-hybridized carbons (Fsp3) is 0.462. The van der Waals surface area contributed by atoms with Gasteiger partial charge in [0.05, 0.1) is 0 Å². The Morgan fingerprint density at radius 2 is 2.06 bits per heavy atom. The van der Waals surface area contributed by atoms with Crippen molar-refractivity contribution < 1.29 is 9.47 Å². The van der Waals surface area contributed by atoms with Crippen molar-refractivity contribution in [3.63, 3.8) is 0 Å². The third kappa shape index (κ3) is 1.56. The summed E-state index contributed by atoms with van der Waals surface area (Å²) in [4.78, 5) is 0. The summed E-state index contributed by atoms with van der Waals surface area (Å²) < 4.78 is 11.3. The number of para-hydroxylation sites is 1. The zero-order valence-electron chi connectivity index (χ0n) is 9.78. The van der Waals surface area contributed by atoms with Crippen molar-refractivity contribution in [2.24, 2.45) is 0 Å². The summed E-state index contributed by atoms with van der Waals surface area (Å²) >= 11 is 0. The highest BCUT2D eigenvalue weighted by Gasteiger charge is 2.45. The van der Waals surface area contributed by atoms with E-state index in [1.807, 2.05) is 38.1 Å². The highest BCUT2D eigenvalue weighted by molar-refractivity contribution is 5.44. The fourth-order valence-corrected chi connectivity index (χ4v) is 2.25. The number of methoxy groups -OCH3 is 1. The molecule has 1 aromatic rings. The van der Waals surface area contributed by atoms with Crippen LogP contribution in [-0.2, 0) is 10.3 Å². The van der Waals surface area contributed by atoms with Gasteiger partial charge in [0, 0.05) is 19.1 Å². The molecule has 3 heteroatoms. The van der Waals surface area contributed by atoms with Gasteiger partial charge in [-0.15, -0.1) is 0 Å². The summed E-state index contributed by atoms with van der Waals surface area (Å²) in [6.45, 7) is 3.93. The molecular formula is C13H15NO2. The molecule has 2 rings (SSSR count). The average Bonchev–Trinajstić information content (AvgIpc) is 2.26. The molecule has 84 valence electrons. The van der Waals surface area contributed by atoms with Crippen LogP contribution in [0.5, 0.6) is 5.75 Å². The standard InChI is InChI=1S/C13H15NO2/c1-12(2)8-13(9-14,15-3)10-6-4-5-7-11(10)16-12/h4-7H,8H2,1-3H3. The number of ether oxygens (including phenoxy) is 2. The van der Waals surface area contributed by atoms with Gasteiger partial charge in [-0.2, -0.15) is 5.26 Å². The van der Waals surface area contributed by atoms with Crippen LogP contribution in [0.4, 0.5) is 0 Å². The first-order valence-corrected chi connectivity index (χ1v) is 5.28. The van der Waals surface area contributed by atoms with Crippen LogP contribution in [0.1, 0.15) is 25.8 Å². The summed E-state index contributed by atoms with van der Waals surface area (Å²) in [6.07, 6.45) is 0.532. The van der Waals surface area contributed by atoms with Gasteiger partial charge in [0.1, 0.15) is 17.4 Å². The Bertz CT molecular complexity index is 447. The van der Waals surface area contributed by atoms with E-state index in [9.17, 15) is 5.26 Å². The second-order valence-corrected chi connectivity index (χ2v) is 4.68. The quantitative estimate of drug-likeness (QED) is 0.726. The third-order valence-electron chi connectivity index (χ3n) is 2.91. The molecule has 1 aliphatic heterocycles. The summed E-state index contributed by atoms with van der Waals surface area (Å²) in [5, 5.41) is 9.39. The van der Waals surface area contributed by atoms with Crippen LogP contribution in [0.25, 0.3) is 0 Å². The lowest BCUT2D eigenvalue weighted by atomic mass is 9.81. The molecule has 0 aliphatic carbocycles. The number of nitriles is 1. The van der Waals surface area contributed by atoms with E-state index in [1.165, 1.54) is 0 Å². The van der Waals surface area contributed by atoms with Crippen molar-refractivity contribution in [1.82, 2.24) is 0 Å². The molecule has 1 unspecified atom stereocenters. The van der Waals surface area contributed by atoms with Gasteiger partial charge in [-0.1, -0.05) is 18.2 Å². The molecule has 0 spiro atoms. The average molecular weight is 217 g/mol. The molecule has 16 heavy (non-hydrogen) atoms. The van der Waals surface area contributed by atoms with E-state index >= 15 is 0 Å². The molecule has 0 bridgehead atoms. The Balaban J connectivity index is 2.61. The van der Waals surface area contributed by atoms with Crippen LogP contribution < -0.4 is 4.74 Å². The van der Waals surface area contributed by atoms with Crippen molar-refractivity contribution in [1.29, 1.82) is 5.26 Å². The zero-order valence-corrected chi connectivity index (χ0v) is 9.78. The van der Waals surface area contributed by atoms with Crippen LogP contribution in [-0.4, -0.2) is 12.7 Å². The monoisotopic (exact) mass is 217 g/mol. The number of benzene rings is 1. The normalized spacial score (nSPS) is 26.4. The van der Waals surface area contributed by atoms with Crippen LogP contribution in [0.3, 0.4) is 0 Å². The molecule has 0 saturated carbocycles. The highest BCUT2D eigenvalue weighted by atomic mass is 16.5. The Hall–Kier alpha value is -1.53. The summed E-state index contributed by atoms with van der Waals surface area (Å²) in [5.74, 6) is 0.738. The molecule has 0 N–H and O–H groups in total. The molecule has 1 aliphatic rings. The minimum absolute atomic E-state index is 0.389. The molecule has 0 fully saturated rings. The van der Waals surface area contributed by atoms with Crippen LogP contribution in [0.15, 0.2) is 24.3 Å². The number of hydrogen-bond donors (Lipinski definition) is 0. The fourth-order valence-electron chi connectivity index (χ4n) is 2.25. The Morgan fingerprint density at radius 3 is 2.69 bits per heavy atom. The lowest BCUT2D eigenvalue weighted by Crippen LogP contribution is -2.44. The minimum Gasteiger partial charge on any atom is -0.487 e. The van der Waals surface area contributed by atoms with E-state index in [0.29, 0.717) is 6.42 Å². The van der Waals surface area contributed by atoms with E-state index < -0.39 is 5.60 Å². The van der Waals surface area contributed by atoms with E-state index in [2.05, 4.69) is 6.07 Å². The Kier molecular flexibility index (Phi) is 2.40. The summed E-state index contributed by atoms with van der Waals surface area (Å²) in [5.41, 5.74) is -0.461. The molecule has 0 amide bonds. The number of rotatable bonds is 1. The summed E-state index contributed by atoms with van der Waals surface area (Å²) in [6, 6.07) is 9.83. The van der Waals surface area contributed by atoms with Gasteiger partial charge >= 0.3 is 0 Å². The van der Waals surface area contributed by atoms with Crippen molar-refractivity contribution in [2.45, 2.75) is 31.5 Å². The van der Waals surface area contributed by atoms with E-state index in [1.54, 1.807) is 7.11 Å². The molecular weight excluding hydrogens is 202 g/mol. The van der Waals surface area contributed by atoms with E-state index in [-0.39, 0.29) is 5.60 Å². The maximum Gasteiger partial charge on any atom is 0.186 e. The van der Waals surface area contributed by atoms with Gasteiger partial charge in [-0.25, -0.2) is 0 Å². The van der Waals surface area contributed by atoms with Crippen LogP contribution in [0.2, 0.25) is 0 Å². The molecule has 1 atom stereocenters. The predicted octanol–water partition coefficient (Wildman–Crippen LogP) is 2.61. The van der Waals surface area contributed by atoms with Crippen molar-refractivity contribution in [3.8, 4) is 11.8 Å². The zero-order chi connectivity index (χ0) is 11.8. The Labute approximate surface area is 95.6 Å². The van der Waals surface area contributed by atoms with Crippen molar-refractivity contribution in [2.75, 3.05) is 7.11 Å². The second kappa shape index (κ2) is 3.50. The van der Waals surface area contributed by atoms with Gasteiger partial charge < -0.3 is 9.47 Å². The van der Waals surface area contributed by atoms with E-state index in [4.69, 9.17) is 9.47 Å². The lowest BCUT2D eigenvalue weighted by Gasteiger charge is -2.41. The predicted molar refractivity (Wildman–Crippen MR) is 60.1 cm³/mol. The third-order valence-corrected chi connectivity index (χ3v) is 2.91. The number of hydrogen-bond acceptors (Lipinski definition) is 3. The molecule has 1 heterocycles. The van der Waals surface area contributed by atoms with E-state index in [0.717, 1.165) is 11.3 Å². The van der Waals surface area contributed by atoms with Gasteiger partial charge in [-0.05, 0) is 19.9 Å². The lowest BCUT2D eigenvalue weighted by molar-refractivity contribution is -0.0546. The first kappa shape index (κ1) is 11.0. The van der Waals surface area contributed by atoms with Crippen LogP contribution >= 0.6 is 0 Å². The summed E-state index contributed by atoms with van der Waals surface area (Å²) in [7, 11) is 1.57. The van der Waals surface area contributed by atoms with Crippen molar-refractivity contribution >= 4 is 0 Å². The first-order valence-electron chi connectivity index (χ1n) is 5.28. The molecule has 1 aromatic carbocycles. The molecule has 0 radical (unpaired) electrons. The molecule has 0 aromatic heterocycles. The number of nitrogens with zero attached hydrogens (tertiary/aromatic N) is 1. The SMILES string of the molecule is COC1(C#N)CC(C)(C)Oc2ccccc21. The smallest absolute Gasteiger partial charge is 0.186 e. The van der Waals surface area contributed by atoms with Crippen LogP contribution in [0, 0.1) is 11.3 Å². The second-order valence-electron chi connectivity index (χ2n) is 4.68. The maximum absolute atomic E-state index is 9.39. The maximum atomic E-state index is 9.39. The minimum atomic E-state index is -0.891. The number of fused-ring (bicyclic) bond motifs is 1. The topological polar surface area (TPSA) is 42.2 Å². The van der Waals surface area contributed by atoms with Crippen molar-refractivity contribution in [3.05, 3.63) is 29.8 Å². The largest absolute Gasteiger partial charge is 0.487 e. The van der Waals surface area contributed by atoms with Gasteiger partial charge in [0.25, 0.3) is 0 Å². The molecule has 0 saturated heterocycles. The first-order chi connectivity index (χ1) is 7.53. The highest BCUT2D eigenvalue weighted by Crippen LogP contribution is 2.44. The van der Waals surface area contributed by atoms with Gasteiger partial charge in [0.2, 0.25) is 0 Å². The van der Waals surface area contributed by atoms with Gasteiger partial charge in [0.15, 0.2) is 5.60 Å². The Morgan fingerprint density at radius 1 is 1.38 bits per heavy atom. The van der Waals surface area contributed by atoms with Gasteiger partial charge in [-0.3, -0.25) is 0 Å². The molecule has 3 nitrogen and oxygen atoms in total.